The molecule has 2 bridgehead atoms. The van der Waals surface area contributed by atoms with E-state index in [0.717, 1.165) is 35.3 Å². The van der Waals surface area contributed by atoms with Gasteiger partial charge in [-0.1, -0.05) is 32.9 Å². The third-order valence-electron chi connectivity index (χ3n) is 7.80. The molecule has 1 heterocycles. The molecule has 31 heavy (non-hydrogen) atoms. The number of nitrogens with one attached hydrogen (secondary N) is 1. The van der Waals surface area contributed by atoms with E-state index >= 15 is 0 Å². The highest BCUT2D eigenvalue weighted by atomic mass is 19.4. The van der Waals surface area contributed by atoms with Crippen molar-refractivity contribution in [3.8, 4) is 0 Å². The van der Waals surface area contributed by atoms with Gasteiger partial charge in [-0.05, 0) is 54.7 Å². The van der Waals surface area contributed by atoms with Crippen LogP contribution in [0.1, 0.15) is 50.6 Å². The molecule has 1 N–H and O–H groups in total. The van der Waals surface area contributed by atoms with Crippen LogP contribution in [0.2, 0.25) is 0 Å². The molecular weight excluding hydrogens is 403 g/mol. The highest BCUT2D eigenvalue weighted by molar-refractivity contribution is 6.02. The highest BCUT2D eigenvalue weighted by Gasteiger charge is 2.73. The van der Waals surface area contributed by atoms with E-state index < -0.39 is 22.6 Å². The number of anilines is 1. The van der Waals surface area contributed by atoms with Gasteiger partial charge < -0.3 is 5.32 Å². The van der Waals surface area contributed by atoms with Crippen LogP contribution in [0.3, 0.4) is 0 Å². The second-order valence-corrected chi connectivity index (χ2v) is 9.30. The maximum atomic E-state index is 13.7. The number of rotatable bonds is 2. The van der Waals surface area contributed by atoms with Gasteiger partial charge in [0.15, 0.2) is 0 Å². The van der Waals surface area contributed by atoms with Crippen LogP contribution >= 0.6 is 0 Å². The summed E-state index contributed by atoms with van der Waals surface area (Å²) in [7, 11) is 0. The van der Waals surface area contributed by atoms with Gasteiger partial charge in [-0.15, -0.1) is 0 Å². The number of alkyl halides is 3. The topological polar surface area (TPSA) is 54.9 Å². The lowest BCUT2D eigenvalue weighted by atomic mass is 9.63. The first-order valence-corrected chi connectivity index (χ1v) is 10.3. The van der Waals surface area contributed by atoms with Crippen LogP contribution < -0.4 is 5.32 Å². The van der Waals surface area contributed by atoms with Crippen molar-refractivity contribution in [1.82, 2.24) is 9.97 Å². The molecule has 1 aromatic heterocycles. The van der Waals surface area contributed by atoms with Crippen LogP contribution in [-0.4, -0.2) is 15.9 Å². The molecule has 0 spiro atoms. The Bertz CT molecular complexity index is 1220. The minimum Gasteiger partial charge on any atom is -0.325 e. The first kappa shape index (κ1) is 20.0. The van der Waals surface area contributed by atoms with Crippen molar-refractivity contribution in [2.75, 3.05) is 5.32 Å². The average molecular weight is 425 g/mol. The molecule has 2 aliphatic carbocycles. The number of aromatic nitrogens is 2. The number of hydrogen-bond acceptors (Lipinski definition) is 3. The van der Waals surface area contributed by atoms with Crippen molar-refractivity contribution in [2.45, 2.75) is 50.6 Å². The lowest BCUT2D eigenvalue weighted by molar-refractivity contribution is -0.137. The monoisotopic (exact) mass is 425 g/mol. The molecule has 2 atom stereocenters. The zero-order valence-corrected chi connectivity index (χ0v) is 17.5. The minimum absolute atomic E-state index is 0.246. The van der Waals surface area contributed by atoms with Gasteiger partial charge >= 0.3 is 6.18 Å². The van der Waals surface area contributed by atoms with Crippen LogP contribution in [-0.2, 0) is 21.8 Å². The molecule has 0 saturated heterocycles. The third kappa shape index (κ3) is 2.46. The predicted molar refractivity (Wildman–Crippen MR) is 112 cm³/mol. The molecule has 5 rings (SSSR count). The van der Waals surface area contributed by atoms with E-state index in [-0.39, 0.29) is 11.3 Å². The number of amides is 1. The summed E-state index contributed by atoms with van der Waals surface area (Å²) < 4.78 is 38.7. The molecule has 0 aliphatic heterocycles. The van der Waals surface area contributed by atoms with Crippen LogP contribution in [0.5, 0.6) is 0 Å². The fourth-order valence-corrected chi connectivity index (χ4v) is 5.53. The van der Waals surface area contributed by atoms with Crippen LogP contribution in [0.4, 0.5) is 18.9 Å². The Kier molecular flexibility index (Phi) is 3.90. The summed E-state index contributed by atoms with van der Waals surface area (Å²) in [6.45, 7) is 6.27. The van der Waals surface area contributed by atoms with Gasteiger partial charge in [0.25, 0.3) is 0 Å². The number of carbonyl (C=O) groups is 1. The van der Waals surface area contributed by atoms with Gasteiger partial charge in [-0.2, -0.15) is 13.2 Å². The Morgan fingerprint density at radius 3 is 2.06 bits per heavy atom. The second kappa shape index (κ2) is 6.05. The number of halogens is 3. The van der Waals surface area contributed by atoms with Crippen molar-refractivity contribution in [1.29, 1.82) is 0 Å². The summed E-state index contributed by atoms with van der Waals surface area (Å²) in [5, 5.41) is 2.87. The number of hydrogen-bond donors (Lipinski definition) is 1. The van der Waals surface area contributed by atoms with E-state index in [1.165, 1.54) is 12.1 Å². The zero-order chi connectivity index (χ0) is 22.2. The van der Waals surface area contributed by atoms with E-state index in [9.17, 15) is 18.0 Å². The molecule has 2 unspecified atom stereocenters. The first-order valence-electron chi connectivity index (χ1n) is 10.3. The maximum Gasteiger partial charge on any atom is 0.416 e. The minimum atomic E-state index is -4.42. The number of carbonyl (C=O) groups excluding carboxylic acids is 1. The summed E-state index contributed by atoms with van der Waals surface area (Å²) in [5.74, 6) is -0.246. The highest BCUT2D eigenvalue weighted by Crippen LogP contribution is 2.70. The number of para-hydroxylation sites is 2. The summed E-state index contributed by atoms with van der Waals surface area (Å²) in [6.07, 6.45) is -3.01. The molecule has 4 nitrogen and oxygen atoms in total. The number of nitrogens with zero attached hydrogens (tertiary/aromatic N) is 2. The predicted octanol–water partition coefficient (Wildman–Crippen LogP) is 5.62. The van der Waals surface area contributed by atoms with E-state index in [4.69, 9.17) is 9.97 Å². The normalized spacial score (nSPS) is 26.1. The summed E-state index contributed by atoms with van der Waals surface area (Å²) in [5.41, 5.74) is 0.960. The fraction of sp³-hybridized carbons (Fsp3) is 0.375. The molecule has 2 aromatic carbocycles. The molecule has 160 valence electrons. The first-order chi connectivity index (χ1) is 14.5. The van der Waals surface area contributed by atoms with Crippen molar-refractivity contribution in [3.63, 3.8) is 0 Å². The largest absolute Gasteiger partial charge is 0.416 e. The molecule has 1 amide bonds. The van der Waals surface area contributed by atoms with Gasteiger partial charge in [-0.25, -0.2) is 9.97 Å². The summed E-state index contributed by atoms with van der Waals surface area (Å²) in [4.78, 5) is 23.5. The number of fused-ring (bicyclic) bond motifs is 6. The van der Waals surface area contributed by atoms with E-state index in [2.05, 4.69) is 26.1 Å². The van der Waals surface area contributed by atoms with Crippen molar-refractivity contribution in [3.05, 3.63) is 65.5 Å². The molecular formula is C24H22F3N3O. The average Bonchev–Trinajstić information content (AvgIpc) is 3.01. The lowest BCUT2D eigenvalue weighted by Gasteiger charge is -2.39. The zero-order valence-electron chi connectivity index (χ0n) is 17.5. The third-order valence-corrected chi connectivity index (χ3v) is 7.80. The van der Waals surface area contributed by atoms with Crippen molar-refractivity contribution >= 4 is 22.6 Å². The Labute approximate surface area is 177 Å². The lowest BCUT2D eigenvalue weighted by Crippen LogP contribution is -2.48. The summed E-state index contributed by atoms with van der Waals surface area (Å²) >= 11 is 0. The smallest absolute Gasteiger partial charge is 0.325 e. The SMILES string of the molecule is CC12CCC(C(=O)Nc3ccc(C(F)(F)F)cc3)(c3nc4ccccc4nc31)C2(C)C. The van der Waals surface area contributed by atoms with E-state index in [1.807, 2.05) is 24.3 Å². The Hall–Kier alpha value is -2.96. The van der Waals surface area contributed by atoms with Crippen molar-refractivity contribution in [2.24, 2.45) is 5.41 Å². The van der Waals surface area contributed by atoms with Crippen LogP contribution in [0, 0.1) is 5.41 Å². The number of benzene rings is 2. The van der Waals surface area contributed by atoms with E-state index in [1.54, 1.807) is 0 Å². The molecule has 0 radical (unpaired) electrons. The molecule has 1 saturated carbocycles. The molecule has 7 heteroatoms. The van der Waals surface area contributed by atoms with Gasteiger partial charge in [0.2, 0.25) is 5.91 Å². The standard InChI is InChI=1S/C24H22F3N3O/c1-21(2)22(3)12-13-23(21,19-18(22)29-16-6-4-5-7-17(16)30-19)20(31)28-15-10-8-14(9-11-15)24(25,26)27/h4-11H,12-13H2,1-3H3,(H,28,31). The second-order valence-electron chi connectivity index (χ2n) is 9.30. The fourth-order valence-electron chi connectivity index (χ4n) is 5.53. The van der Waals surface area contributed by atoms with Gasteiger partial charge in [-0.3, -0.25) is 4.79 Å². The Morgan fingerprint density at radius 2 is 1.48 bits per heavy atom. The van der Waals surface area contributed by atoms with Gasteiger partial charge in [0.1, 0.15) is 0 Å². The van der Waals surface area contributed by atoms with Gasteiger partial charge in [0.05, 0.1) is 33.4 Å². The van der Waals surface area contributed by atoms with E-state index in [0.29, 0.717) is 17.8 Å². The quantitative estimate of drug-likeness (QED) is 0.580. The van der Waals surface area contributed by atoms with Crippen LogP contribution in [0.15, 0.2) is 48.5 Å². The van der Waals surface area contributed by atoms with Crippen LogP contribution in [0.25, 0.3) is 11.0 Å². The maximum absolute atomic E-state index is 13.7. The Balaban J connectivity index is 1.60. The summed E-state index contributed by atoms with van der Waals surface area (Å²) in [6, 6.07) is 12.1. The van der Waals surface area contributed by atoms with Gasteiger partial charge in [0, 0.05) is 11.1 Å². The van der Waals surface area contributed by atoms with Crippen molar-refractivity contribution < 1.29 is 18.0 Å². The molecule has 3 aromatic rings. The Morgan fingerprint density at radius 1 is 0.903 bits per heavy atom. The molecule has 1 fully saturated rings. The molecule has 2 aliphatic rings.